The van der Waals surface area contributed by atoms with Crippen molar-refractivity contribution in [2.75, 3.05) is 32.1 Å². The first-order valence-corrected chi connectivity index (χ1v) is 7.62. The van der Waals surface area contributed by atoms with Crippen LogP contribution in [0.4, 0.5) is 11.4 Å². The van der Waals surface area contributed by atoms with Crippen molar-refractivity contribution in [1.82, 2.24) is 4.72 Å². The van der Waals surface area contributed by atoms with Crippen molar-refractivity contribution in [3.8, 4) is 0 Å². The van der Waals surface area contributed by atoms with Gasteiger partial charge in [-0.2, -0.15) is 0 Å². The maximum absolute atomic E-state index is 12.2. The van der Waals surface area contributed by atoms with E-state index in [1.54, 1.807) is 0 Å². The SMILES string of the molecule is Nc1cccc(S(=O)(=O)NCC2COCCO2)c1[N+](=O)[O-]. The van der Waals surface area contributed by atoms with Gasteiger partial charge in [0.05, 0.1) is 30.8 Å². The van der Waals surface area contributed by atoms with Crippen molar-refractivity contribution in [3.63, 3.8) is 0 Å². The lowest BCUT2D eigenvalue weighted by atomic mass is 10.3. The number of nitro groups is 1. The molecule has 1 aromatic rings. The third kappa shape index (κ3) is 3.67. The van der Waals surface area contributed by atoms with E-state index in [4.69, 9.17) is 15.2 Å². The zero-order chi connectivity index (χ0) is 15.5. The van der Waals surface area contributed by atoms with E-state index in [9.17, 15) is 18.5 Å². The number of nitrogens with one attached hydrogen (secondary N) is 1. The van der Waals surface area contributed by atoms with Crippen molar-refractivity contribution in [2.45, 2.75) is 11.0 Å². The average molecular weight is 317 g/mol. The fourth-order valence-electron chi connectivity index (χ4n) is 1.89. The number of hydrogen-bond acceptors (Lipinski definition) is 7. The van der Waals surface area contributed by atoms with Gasteiger partial charge < -0.3 is 15.2 Å². The summed E-state index contributed by atoms with van der Waals surface area (Å²) in [6.07, 6.45) is -0.423. The quantitative estimate of drug-likeness (QED) is 0.439. The van der Waals surface area contributed by atoms with Crippen molar-refractivity contribution in [3.05, 3.63) is 28.3 Å². The second kappa shape index (κ2) is 6.35. The number of anilines is 1. The molecule has 2 rings (SSSR count). The van der Waals surface area contributed by atoms with Crippen LogP contribution in [0.25, 0.3) is 0 Å². The lowest BCUT2D eigenvalue weighted by Gasteiger charge is -2.23. The number of nitrogen functional groups attached to an aromatic ring is 1. The van der Waals surface area contributed by atoms with Gasteiger partial charge in [-0.05, 0) is 12.1 Å². The predicted molar refractivity (Wildman–Crippen MR) is 73.3 cm³/mol. The molecule has 1 unspecified atom stereocenters. The van der Waals surface area contributed by atoms with Crippen LogP contribution in [0.15, 0.2) is 23.1 Å². The summed E-state index contributed by atoms with van der Waals surface area (Å²) in [6, 6.07) is 3.75. The highest BCUT2D eigenvalue weighted by atomic mass is 32.2. The molecule has 116 valence electrons. The highest BCUT2D eigenvalue weighted by molar-refractivity contribution is 7.89. The fourth-order valence-corrected chi connectivity index (χ4v) is 3.15. The number of nitrogens with two attached hydrogens (primary N) is 1. The van der Waals surface area contributed by atoms with Gasteiger partial charge in [-0.3, -0.25) is 10.1 Å². The summed E-state index contributed by atoms with van der Waals surface area (Å²) in [7, 11) is -4.07. The van der Waals surface area contributed by atoms with Crippen LogP contribution in [0, 0.1) is 10.1 Å². The molecule has 0 spiro atoms. The molecule has 0 aromatic heterocycles. The third-order valence-electron chi connectivity index (χ3n) is 2.89. The molecular weight excluding hydrogens is 302 g/mol. The molecule has 9 nitrogen and oxygen atoms in total. The van der Waals surface area contributed by atoms with Crippen molar-refractivity contribution < 1.29 is 22.8 Å². The van der Waals surface area contributed by atoms with Crippen LogP contribution in [-0.4, -0.2) is 45.8 Å². The van der Waals surface area contributed by atoms with Gasteiger partial charge in [0.25, 0.3) is 0 Å². The smallest absolute Gasteiger partial charge is 0.312 e. The van der Waals surface area contributed by atoms with Gasteiger partial charge in [-0.15, -0.1) is 0 Å². The van der Waals surface area contributed by atoms with Gasteiger partial charge in [0.1, 0.15) is 5.69 Å². The summed E-state index contributed by atoms with van der Waals surface area (Å²) in [5, 5.41) is 11.0. The maximum atomic E-state index is 12.2. The molecule has 0 saturated carbocycles. The van der Waals surface area contributed by atoms with Crippen molar-refractivity contribution in [2.24, 2.45) is 0 Å². The van der Waals surface area contributed by atoms with Gasteiger partial charge in [0.15, 0.2) is 4.90 Å². The Morgan fingerprint density at radius 2 is 2.19 bits per heavy atom. The highest BCUT2D eigenvalue weighted by Crippen LogP contribution is 2.29. The highest BCUT2D eigenvalue weighted by Gasteiger charge is 2.29. The minimum Gasteiger partial charge on any atom is -0.393 e. The Labute approximate surface area is 121 Å². The summed E-state index contributed by atoms with van der Waals surface area (Å²) in [6.45, 7) is 1.07. The number of sulfonamides is 1. The molecule has 0 amide bonds. The summed E-state index contributed by atoms with van der Waals surface area (Å²) in [4.78, 5) is 9.70. The number of nitro benzene ring substituents is 1. The van der Waals surface area contributed by atoms with Crippen LogP contribution >= 0.6 is 0 Å². The molecule has 21 heavy (non-hydrogen) atoms. The zero-order valence-corrected chi connectivity index (χ0v) is 11.8. The van der Waals surface area contributed by atoms with Gasteiger partial charge >= 0.3 is 5.69 Å². The van der Waals surface area contributed by atoms with Gasteiger partial charge in [0, 0.05) is 6.54 Å². The average Bonchev–Trinajstić information content (AvgIpc) is 2.46. The third-order valence-corrected chi connectivity index (χ3v) is 4.34. The van der Waals surface area contributed by atoms with Crippen LogP contribution in [-0.2, 0) is 19.5 Å². The first-order valence-electron chi connectivity index (χ1n) is 6.13. The van der Waals surface area contributed by atoms with E-state index in [1.807, 2.05) is 0 Å². The number of ether oxygens (including phenoxy) is 2. The first kappa shape index (κ1) is 15.6. The Morgan fingerprint density at radius 3 is 2.81 bits per heavy atom. The predicted octanol–water partition coefficient (Wildman–Crippen LogP) is -0.129. The minimum absolute atomic E-state index is 0.0334. The molecule has 0 bridgehead atoms. The normalized spacial score (nSPS) is 19.3. The molecule has 1 aliphatic heterocycles. The number of nitrogens with zero attached hydrogens (tertiary/aromatic N) is 1. The van der Waals surface area contributed by atoms with E-state index in [-0.39, 0.29) is 18.8 Å². The van der Waals surface area contributed by atoms with Gasteiger partial charge in [-0.25, -0.2) is 13.1 Å². The van der Waals surface area contributed by atoms with Gasteiger partial charge in [0.2, 0.25) is 10.0 Å². The Kier molecular flexibility index (Phi) is 4.73. The Bertz CT molecular complexity index is 627. The molecule has 0 aliphatic carbocycles. The fraction of sp³-hybridized carbons (Fsp3) is 0.455. The number of benzene rings is 1. The molecule has 0 radical (unpaired) electrons. The standard InChI is InChI=1S/C11H15N3O6S/c12-9-2-1-3-10(11(9)14(15)16)21(17,18)13-6-8-7-19-4-5-20-8/h1-3,8,13H,4-7,12H2. The van der Waals surface area contributed by atoms with Crippen LogP contribution in [0.1, 0.15) is 0 Å². The summed E-state index contributed by atoms with van der Waals surface area (Å²) in [5.41, 5.74) is 4.64. The molecule has 1 aliphatic rings. The summed E-state index contributed by atoms with van der Waals surface area (Å²) < 4.78 is 37.1. The van der Waals surface area contributed by atoms with E-state index >= 15 is 0 Å². The Balaban J connectivity index is 2.19. The molecule has 1 saturated heterocycles. The molecule has 1 atom stereocenters. The topological polar surface area (TPSA) is 134 Å². The zero-order valence-electron chi connectivity index (χ0n) is 11.0. The number of rotatable bonds is 5. The number of hydrogen-bond donors (Lipinski definition) is 2. The molecule has 1 fully saturated rings. The van der Waals surface area contributed by atoms with Crippen LogP contribution in [0.3, 0.4) is 0 Å². The Hall–Kier alpha value is -1.75. The largest absolute Gasteiger partial charge is 0.393 e. The monoisotopic (exact) mass is 317 g/mol. The molecular formula is C11H15N3O6S. The van der Waals surface area contributed by atoms with Crippen molar-refractivity contribution in [1.29, 1.82) is 0 Å². The second-order valence-corrected chi connectivity index (χ2v) is 6.11. The van der Waals surface area contributed by atoms with E-state index in [0.29, 0.717) is 13.2 Å². The first-order chi connectivity index (χ1) is 9.92. The van der Waals surface area contributed by atoms with Crippen LogP contribution in [0.5, 0.6) is 0 Å². The molecule has 1 aromatic carbocycles. The molecule has 3 N–H and O–H groups in total. The lowest BCUT2D eigenvalue weighted by molar-refractivity contribution is -0.386. The van der Waals surface area contributed by atoms with Gasteiger partial charge in [-0.1, -0.05) is 6.07 Å². The van der Waals surface area contributed by atoms with E-state index in [2.05, 4.69) is 4.72 Å². The maximum Gasteiger partial charge on any atom is 0.312 e. The van der Waals surface area contributed by atoms with E-state index in [0.717, 1.165) is 6.07 Å². The van der Waals surface area contributed by atoms with Crippen molar-refractivity contribution >= 4 is 21.4 Å². The van der Waals surface area contributed by atoms with Crippen LogP contribution in [0.2, 0.25) is 0 Å². The summed E-state index contributed by atoms with van der Waals surface area (Å²) in [5.74, 6) is 0. The Morgan fingerprint density at radius 1 is 1.43 bits per heavy atom. The molecule has 10 heteroatoms. The minimum atomic E-state index is -4.07. The molecule has 1 heterocycles. The van der Waals surface area contributed by atoms with Crippen LogP contribution < -0.4 is 10.5 Å². The summed E-state index contributed by atoms with van der Waals surface area (Å²) >= 11 is 0. The van der Waals surface area contributed by atoms with E-state index in [1.165, 1.54) is 12.1 Å². The number of para-hydroxylation sites is 1. The second-order valence-electron chi connectivity index (χ2n) is 4.37. The lowest BCUT2D eigenvalue weighted by Crippen LogP contribution is -2.39. The van der Waals surface area contributed by atoms with E-state index < -0.39 is 31.6 Å².